The summed E-state index contributed by atoms with van der Waals surface area (Å²) in [5, 5.41) is 11.5. The minimum atomic E-state index is -4.70. The summed E-state index contributed by atoms with van der Waals surface area (Å²) < 4.78 is 46.6. The van der Waals surface area contributed by atoms with Crippen LogP contribution in [0.2, 0.25) is 5.02 Å². The molecule has 2 bridgehead atoms. The van der Waals surface area contributed by atoms with Gasteiger partial charge >= 0.3 is 12.4 Å². The number of halogens is 4. The Labute approximate surface area is 200 Å². The Morgan fingerprint density at radius 2 is 2.03 bits per heavy atom. The third-order valence-electron chi connectivity index (χ3n) is 6.50. The van der Waals surface area contributed by atoms with Gasteiger partial charge in [0.05, 0.1) is 42.3 Å². The normalized spacial score (nSPS) is 25.1. The van der Waals surface area contributed by atoms with E-state index in [-0.39, 0.29) is 18.7 Å². The molecule has 1 aromatic heterocycles. The van der Waals surface area contributed by atoms with Crippen molar-refractivity contribution in [1.82, 2.24) is 19.9 Å². The third kappa shape index (κ3) is 5.01. The van der Waals surface area contributed by atoms with Gasteiger partial charge in [-0.1, -0.05) is 25.4 Å². The number of ether oxygens (including phenoxy) is 2. The maximum Gasteiger partial charge on any atom is 0.522 e. The first-order chi connectivity index (χ1) is 16.1. The molecule has 4 atom stereocenters. The molecule has 0 spiro atoms. The number of hydrogen-bond acceptors (Lipinski definition) is 5. The summed E-state index contributed by atoms with van der Waals surface area (Å²) >= 11 is 6.27. The minimum absolute atomic E-state index is 0.0485. The van der Waals surface area contributed by atoms with Crippen LogP contribution in [0, 0.1) is 5.92 Å². The number of nitrogens with zero attached hydrogens (tertiary/aromatic N) is 4. The summed E-state index contributed by atoms with van der Waals surface area (Å²) in [6.45, 7) is 3.25. The number of urea groups is 1. The Hall–Kier alpha value is -2.37. The highest BCUT2D eigenvalue weighted by Crippen LogP contribution is 2.53. The van der Waals surface area contributed by atoms with E-state index in [4.69, 9.17) is 16.3 Å². The summed E-state index contributed by atoms with van der Waals surface area (Å²) in [5.41, 5.74) is 0.483. The molecule has 2 aliphatic rings. The molecule has 2 fully saturated rings. The lowest BCUT2D eigenvalue weighted by Gasteiger charge is -2.65. The van der Waals surface area contributed by atoms with Gasteiger partial charge in [-0.2, -0.15) is 15.0 Å². The second kappa shape index (κ2) is 9.71. The van der Waals surface area contributed by atoms with Gasteiger partial charge in [-0.3, -0.25) is 4.74 Å². The molecule has 12 heteroatoms. The van der Waals surface area contributed by atoms with E-state index in [1.807, 2.05) is 11.8 Å². The first-order valence-electron chi connectivity index (χ1n) is 11.2. The zero-order chi connectivity index (χ0) is 24.5. The number of carbonyl (C=O) groups is 1. The number of anilines is 1. The fraction of sp³-hybridized carbons (Fsp3) is 0.591. The lowest BCUT2D eigenvalue weighted by molar-refractivity contribution is -0.328. The van der Waals surface area contributed by atoms with Crippen molar-refractivity contribution in [3.63, 3.8) is 0 Å². The number of likely N-dealkylation sites (tertiary alicyclic amines) is 1. The number of rotatable bonds is 8. The number of amides is 2. The molecule has 2 amide bonds. The van der Waals surface area contributed by atoms with Crippen LogP contribution in [0.5, 0.6) is 0 Å². The van der Waals surface area contributed by atoms with Crippen LogP contribution in [0.1, 0.15) is 39.5 Å². The highest BCUT2D eigenvalue weighted by Gasteiger charge is 2.61. The summed E-state index contributed by atoms with van der Waals surface area (Å²) in [6.07, 6.45) is 0.862. The van der Waals surface area contributed by atoms with Gasteiger partial charge in [-0.05, 0) is 49.8 Å². The van der Waals surface area contributed by atoms with E-state index in [1.54, 1.807) is 18.2 Å². The second-order valence-corrected chi connectivity index (χ2v) is 9.26. The van der Waals surface area contributed by atoms with Crippen LogP contribution in [0.3, 0.4) is 0 Å². The van der Waals surface area contributed by atoms with Crippen LogP contribution in [-0.4, -0.2) is 63.2 Å². The monoisotopic (exact) mass is 501 g/mol. The van der Waals surface area contributed by atoms with E-state index in [9.17, 15) is 18.0 Å². The average Bonchev–Trinajstić information content (AvgIpc) is 3.28. The van der Waals surface area contributed by atoms with Gasteiger partial charge in [-0.15, -0.1) is 13.2 Å². The molecule has 1 saturated carbocycles. The van der Waals surface area contributed by atoms with Crippen molar-refractivity contribution in [2.24, 2.45) is 5.92 Å². The topological polar surface area (TPSA) is 81.5 Å². The fourth-order valence-corrected chi connectivity index (χ4v) is 5.62. The summed E-state index contributed by atoms with van der Waals surface area (Å²) in [6, 6.07) is 4.81. The Kier molecular flexibility index (Phi) is 7.07. The van der Waals surface area contributed by atoms with Gasteiger partial charge in [0.2, 0.25) is 0 Å². The van der Waals surface area contributed by atoms with Crippen LogP contribution in [0.25, 0.3) is 5.69 Å². The third-order valence-corrected chi connectivity index (χ3v) is 6.82. The summed E-state index contributed by atoms with van der Waals surface area (Å²) in [7, 11) is 0. The molecule has 0 unspecified atom stereocenters. The molecule has 1 N–H and O–H groups in total. The van der Waals surface area contributed by atoms with Crippen LogP contribution in [-0.2, 0) is 9.47 Å². The number of aromatic nitrogens is 3. The Bertz CT molecular complexity index is 1010. The smallest absolute Gasteiger partial charge is 0.373 e. The Morgan fingerprint density at radius 3 is 2.71 bits per heavy atom. The van der Waals surface area contributed by atoms with Crippen molar-refractivity contribution >= 4 is 23.3 Å². The summed E-state index contributed by atoms with van der Waals surface area (Å²) in [5.74, 6) is 0.375. The van der Waals surface area contributed by atoms with Gasteiger partial charge < -0.3 is 15.0 Å². The highest BCUT2D eigenvalue weighted by molar-refractivity contribution is 6.32. The van der Waals surface area contributed by atoms with Crippen molar-refractivity contribution < 1.29 is 27.4 Å². The number of alkyl halides is 3. The zero-order valence-corrected chi connectivity index (χ0v) is 19.6. The van der Waals surface area contributed by atoms with Crippen molar-refractivity contribution in [1.29, 1.82) is 0 Å². The molecule has 1 aromatic carbocycles. The largest absolute Gasteiger partial charge is 0.522 e. The first kappa shape index (κ1) is 24.7. The highest BCUT2D eigenvalue weighted by atomic mass is 35.5. The molecule has 4 rings (SSSR count). The lowest BCUT2D eigenvalue weighted by atomic mass is 9.61. The first-order valence-corrected chi connectivity index (χ1v) is 11.6. The van der Waals surface area contributed by atoms with Crippen LogP contribution < -0.4 is 5.32 Å². The molecule has 34 heavy (non-hydrogen) atoms. The van der Waals surface area contributed by atoms with E-state index < -0.39 is 24.6 Å². The Morgan fingerprint density at radius 1 is 1.29 bits per heavy atom. The quantitative estimate of drug-likeness (QED) is 0.513. The van der Waals surface area contributed by atoms with Gasteiger partial charge in [-0.25, -0.2) is 4.79 Å². The number of fused-ring (bicyclic) bond motifs is 2. The molecule has 2 aromatic rings. The molecule has 8 nitrogen and oxygen atoms in total. The Balaban J connectivity index is 1.49. The van der Waals surface area contributed by atoms with E-state index in [0.717, 1.165) is 19.3 Å². The predicted molar refractivity (Wildman–Crippen MR) is 119 cm³/mol. The van der Waals surface area contributed by atoms with Crippen LogP contribution in [0.4, 0.5) is 23.7 Å². The van der Waals surface area contributed by atoms with Crippen molar-refractivity contribution in [2.75, 3.05) is 18.5 Å². The number of piperidine rings is 1. The van der Waals surface area contributed by atoms with Gasteiger partial charge in [0.1, 0.15) is 5.69 Å². The molecular weight excluding hydrogens is 475 g/mol. The molecular formula is C22H27ClF3N5O3. The SMILES string of the molecule is CC[C@@H](OCCOC(F)(F)F)[C@@]12C[C@@H](C)C[C@@H](C1)N2C(=O)Nc1ccc(Cl)c(-n2nccn2)c1. The number of hydrogen-bond donors (Lipinski definition) is 1. The summed E-state index contributed by atoms with van der Waals surface area (Å²) in [4.78, 5) is 16.6. The molecule has 1 aliphatic heterocycles. The fourth-order valence-electron chi connectivity index (χ4n) is 5.42. The maximum atomic E-state index is 13.4. The number of benzene rings is 1. The van der Waals surface area contributed by atoms with E-state index in [2.05, 4.69) is 27.2 Å². The van der Waals surface area contributed by atoms with Gasteiger partial charge in [0.15, 0.2) is 0 Å². The molecule has 1 saturated heterocycles. The molecule has 2 heterocycles. The van der Waals surface area contributed by atoms with Crippen LogP contribution in [0.15, 0.2) is 30.6 Å². The van der Waals surface area contributed by atoms with Crippen molar-refractivity contribution in [3.8, 4) is 5.69 Å². The zero-order valence-electron chi connectivity index (χ0n) is 18.9. The van der Waals surface area contributed by atoms with Gasteiger partial charge in [0, 0.05) is 11.7 Å². The maximum absolute atomic E-state index is 13.4. The number of carbonyl (C=O) groups excluding carboxylic acids is 1. The van der Waals surface area contributed by atoms with Crippen molar-refractivity contribution in [2.45, 2.75) is 63.6 Å². The average molecular weight is 502 g/mol. The number of nitrogens with one attached hydrogen (secondary N) is 1. The van der Waals surface area contributed by atoms with Crippen molar-refractivity contribution in [3.05, 3.63) is 35.6 Å². The minimum Gasteiger partial charge on any atom is -0.373 e. The predicted octanol–water partition coefficient (Wildman–Crippen LogP) is 5.03. The molecule has 186 valence electrons. The lowest BCUT2D eigenvalue weighted by Crippen LogP contribution is -2.76. The second-order valence-electron chi connectivity index (χ2n) is 8.85. The van der Waals surface area contributed by atoms with E-state index in [0.29, 0.717) is 28.7 Å². The van der Waals surface area contributed by atoms with Gasteiger partial charge in [0.25, 0.3) is 0 Å². The van der Waals surface area contributed by atoms with E-state index >= 15 is 0 Å². The molecule has 1 aliphatic carbocycles. The van der Waals surface area contributed by atoms with E-state index in [1.165, 1.54) is 17.2 Å². The molecule has 0 radical (unpaired) electrons. The van der Waals surface area contributed by atoms with Crippen LogP contribution >= 0.6 is 11.6 Å². The standard InChI is InChI=1S/C22H27ClF3N5O3/c1-3-19(33-8-9-34-22(24,25)26)21-12-14(2)10-16(13-21)30(21)20(32)29-15-4-5-17(23)18(11-15)31-27-6-7-28-31/h4-7,11,14,16,19H,3,8-10,12-13H2,1-2H3,(H,29,32)/t14-,16-,19+,21+/m0/s1.